The van der Waals surface area contributed by atoms with Crippen molar-refractivity contribution in [2.75, 3.05) is 5.32 Å². The van der Waals surface area contributed by atoms with E-state index in [9.17, 15) is 18.4 Å². The summed E-state index contributed by atoms with van der Waals surface area (Å²) in [7, 11) is 0. The Bertz CT molecular complexity index is 761. The van der Waals surface area contributed by atoms with Crippen LogP contribution in [0.2, 0.25) is 0 Å². The van der Waals surface area contributed by atoms with Crippen molar-refractivity contribution in [1.29, 1.82) is 5.26 Å². The average molecular weight is 319 g/mol. The SMILES string of the molecule is Cc1cc(C#N)c(N[C@@H](C)c2cccc(C(F)(F)F)c2)nc1C. The first-order valence-corrected chi connectivity index (χ1v) is 7.04. The maximum atomic E-state index is 12.8. The van der Waals surface area contributed by atoms with E-state index in [0.29, 0.717) is 16.9 Å². The number of nitrogens with one attached hydrogen (secondary N) is 1. The van der Waals surface area contributed by atoms with Crippen LogP contribution in [0.5, 0.6) is 0 Å². The molecular weight excluding hydrogens is 303 g/mol. The van der Waals surface area contributed by atoms with Gasteiger partial charge in [-0.25, -0.2) is 4.98 Å². The lowest BCUT2D eigenvalue weighted by Gasteiger charge is -2.18. The van der Waals surface area contributed by atoms with Gasteiger partial charge in [0.25, 0.3) is 0 Å². The number of benzene rings is 1. The zero-order chi connectivity index (χ0) is 17.2. The van der Waals surface area contributed by atoms with Crippen LogP contribution >= 0.6 is 0 Å². The molecule has 1 N–H and O–H groups in total. The quantitative estimate of drug-likeness (QED) is 0.887. The van der Waals surface area contributed by atoms with Gasteiger partial charge >= 0.3 is 6.18 Å². The Hall–Kier alpha value is -2.55. The third-order valence-electron chi connectivity index (χ3n) is 3.65. The highest BCUT2D eigenvalue weighted by Gasteiger charge is 2.30. The fourth-order valence-corrected chi connectivity index (χ4v) is 2.17. The average Bonchev–Trinajstić information content (AvgIpc) is 2.50. The first kappa shape index (κ1) is 16.8. The summed E-state index contributed by atoms with van der Waals surface area (Å²) < 4.78 is 38.4. The topological polar surface area (TPSA) is 48.7 Å². The predicted molar refractivity (Wildman–Crippen MR) is 81.9 cm³/mol. The van der Waals surface area contributed by atoms with Gasteiger partial charge in [-0.1, -0.05) is 12.1 Å². The molecule has 0 spiro atoms. The number of alkyl halides is 3. The van der Waals surface area contributed by atoms with Gasteiger partial charge in [-0.3, -0.25) is 0 Å². The molecule has 1 aromatic carbocycles. The number of rotatable bonds is 3. The summed E-state index contributed by atoms with van der Waals surface area (Å²) in [4.78, 5) is 4.32. The van der Waals surface area contributed by atoms with Crippen LogP contribution < -0.4 is 5.32 Å². The highest BCUT2D eigenvalue weighted by molar-refractivity contribution is 5.55. The van der Waals surface area contributed by atoms with Gasteiger partial charge in [0.2, 0.25) is 0 Å². The van der Waals surface area contributed by atoms with Crippen molar-refractivity contribution < 1.29 is 13.2 Å². The van der Waals surface area contributed by atoms with Gasteiger partial charge in [-0.2, -0.15) is 18.4 Å². The molecule has 0 saturated carbocycles. The Morgan fingerprint density at radius 1 is 1.22 bits per heavy atom. The molecule has 1 aromatic heterocycles. The van der Waals surface area contributed by atoms with E-state index in [4.69, 9.17) is 0 Å². The van der Waals surface area contributed by atoms with Crippen molar-refractivity contribution in [3.05, 3.63) is 58.3 Å². The standard InChI is InChI=1S/C17H16F3N3/c1-10-7-14(9-21)16(22-11(10)2)23-12(3)13-5-4-6-15(8-13)17(18,19)20/h4-8,12H,1-3H3,(H,22,23)/t12-/m0/s1. The van der Waals surface area contributed by atoms with Gasteiger partial charge < -0.3 is 5.32 Å². The summed E-state index contributed by atoms with van der Waals surface area (Å²) in [5, 5.41) is 12.2. The lowest BCUT2D eigenvalue weighted by Crippen LogP contribution is -2.12. The summed E-state index contributed by atoms with van der Waals surface area (Å²) in [5.41, 5.74) is 1.80. The molecule has 1 atom stereocenters. The van der Waals surface area contributed by atoms with E-state index < -0.39 is 17.8 Å². The molecule has 0 amide bonds. The Kier molecular flexibility index (Phi) is 4.60. The molecule has 0 aliphatic heterocycles. The van der Waals surface area contributed by atoms with Crippen LogP contribution in [-0.4, -0.2) is 4.98 Å². The van der Waals surface area contributed by atoms with Crippen molar-refractivity contribution in [2.24, 2.45) is 0 Å². The lowest BCUT2D eigenvalue weighted by molar-refractivity contribution is -0.137. The summed E-state index contributed by atoms with van der Waals surface area (Å²) in [5.74, 6) is 0.375. The molecule has 0 aliphatic carbocycles. The molecule has 0 radical (unpaired) electrons. The minimum atomic E-state index is -4.38. The smallest absolute Gasteiger partial charge is 0.362 e. The van der Waals surface area contributed by atoms with Crippen molar-refractivity contribution >= 4 is 5.82 Å². The van der Waals surface area contributed by atoms with Crippen LogP contribution in [0.25, 0.3) is 0 Å². The normalized spacial score (nSPS) is 12.6. The maximum absolute atomic E-state index is 12.8. The van der Waals surface area contributed by atoms with E-state index in [1.165, 1.54) is 6.07 Å². The van der Waals surface area contributed by atoms with E-state index in [1.54, 1.807) is 19.1 Å². The van der Waals surface area contributed by atoms with Crippen LogP contribution in [0.15, 0.2) is 30.3 Å². The molecule has 2 aromatic rings. The molecule has 6 heteroatoms. The van der Waals surface area contributed by atoms with Crippen molar-refractivity contribution in [1.82, 2.24) is 4.98 Å². The fraction of sp³-hybridized carbons (Fsp3) is 0.294. The van der Waals surface area contributed by atoms with Crippen LogP contribution in [0.4, 0.5) is 19.0 Å². The van der Waals surface area contributed by atoms with Crippen molar-refractivity contribution in [2.45, 2.75) is 33.0 Å². The number of nitrogens with zero attached hydrogens (tertiary/aromatic N) is 2. The van der Waals surface area contributed by atoms with Crippen LogP contribution in [0.3, 0.4) is 0 Å². The molecule has 0 aliphatic rings. The van der Waals surface area contributed by atoms with Crippen molar-refractivity contribution in [3.63, 3.8) is 0 Å². The van der Waals surface area contributed by atoms with Crippen molar-refractivity contribution in [3.8, 4) is 6.07 Å². The molecule has 3 nitrogen and oxygen atoms in total. The number of anilines is 1. The summed E-state index contributed by atoms with van der Waals surface area (Å²) >= 11 is 0. The molecular formula is C17H16F3N3. The number of halogens is 3. The minimum Gasteiger partial charge on any atom is -0.362 e. The molecule has 1 heterocycles. The highest BCUT2D eigenvalue weighted by atomic mass is 19.4. The summed E-state index contributed by atoms with van der Waals surface area (Å²) in [6.07, 6.45) is -4.38. The second-order valence-corrected chi connectivity index (χ2v) is 5.39. The number of aryl methyl sites for hydroxylation is 2. The first-order chi connectivity index (χ1) is 10.7. The summed E-state index contributed by atoms with van der Waals surface area (Å²) in [6, 6.07) is 8.46. The highest BCUT2D eigenvalue weighted by Crippen LogP contribution is 2.31. The Balaban J connectivity index is 2.32. The van der Waals surface area contributed by atoms with E-state index in [0.717, 1.165) is 23.4 Å². The van der Waals surface area contributed by atoms with Gasteiger partial charge in [0.15, 0.2) is 0 Å². The van der Waals surface area contributed by atoms with Crippen LogP contribution in [0, 0.1) is 25.2 Å². The van der Waals surface area contributed by atoms with Crippen LogP contribution in [-0.2, 0) is 6.18 Å². The second kappa shape index (κ2) is 6.29. The second-order valence-electron chi connectivity index (χ2n) is 5.39. The Labute approximate surface area is 132 Å². The molecule has 120 valence electrons. The number of hydrogen-bond donors (Lipinski definition) is 1. The van der Waals surface area contributed by atoms with Gasteiger partial charge in [0.1, 0.15) is 11.9 Å². The summed E-state index contributed by atoms with van der Waals surface area (Å²) in [6.45, 7) is 5.40. The fourth-order valence-electron chi connectivity index (χ4n) is 2.17. The Morgan fingerprint density at radius 3 is 2.52 bits per heavy atom. The molecule has 0 bridgehead atoms. The lowest BCUT2D eigenvalue weighted by atomic mass is 10.0. The molecule has 0 fully saturated rings. The van der Waals surface area contributed by atoms with Gasteiger partial charge in [0.05, 0.1) is 11.1 Å². The number of aromatic nitrogens is 1. The largest absolute Gasteiger partial charge is 0.416 e. The van der Waals surface area contributed by atoms with E-state index >= 15 is 0 Å². The zero-order valence-electron chi connectivity index (χ0n) is 13.0. The monoisotopic (exact) mass is 319 g/mol. The number of hydrogen-bond acceptors (Lipinski definition) is 3. The maximum Gasteiger partial charge on any atom is 0.416 e. The molecule has 0 saturated heterocycles. The predicted octanol–water partition coefficient (Wildman–Crippen LogP) is 4.76. The zero-order valence-corrected chi connectivity index (χ0v) is 13.0. The van der Waals surface area contributed by atoms with E-state index in [2.05, 4.69) is 16.4 Å². The third kappa shape index (κ3) is 3.81. The number of pyridine rings is 1. The molecule has 2 rings (SSSR count). The minimum absolute atomic E-state index is 0.368. The Morgan fingerprint density at radius 2 is 1.91 bits per heavy atom. The van der Waals surface area contributed by atoms with Gasteiger partial charge in [0, 0.05) is 11.7 Å². The number of nitriles is 1. The first-order valence-electron chi connectivity index (χ1n) is 7.04. The van der Waals surface area contributed by atoms with Crippen LogP contribution in [0.1, 0.15) is 40.9 Å². The molecule has 0 unspecified atom stereocenters. The third-order valence-corrected chi connectivity index (χ3v) is 3.65. The molecule has 23 heavy (non-hydrogen) atoms. The van der Waals surface area contributed by atoms with Gasteiger partial charge in [-0.15, -0.1) is 0 Å². The van der Waals surface area contributed by atoms with E-state index in [-0.39, 0.29) is 0 Å². The van der Waals surface area contributed by atoms with Gasteiger partial charge in [-0.05, 0) is 50.1 Å². The van der Waals surface area contributed by atoms with E-state index in [1.807, 2.05) is 13.8 Å².